The Hall–Kier alpha value is -0.990. The van der Waals surface area contributed by atoms with Crippen LogP contribution in [-0.4, -0.2) is 10.8 Å². The van der Waals surface area contributed by atoms with Crippen LogP contribution < -0.4 is 0 Å². The predicted molar refractivity (Wildman–Crippen MR) is 79.2 cm³/mol. The topological polar surface area (TPSA) is 32.9 Å². The number of aromatic amines is 1. The molecule has 19 heavy (non-hydrogen) atoms. The predicted octanol–water partition coefficient (Wildman–Crippen LogP) is 5.24. The first kappa shape index (κ1) is 13.0. The molecule has 1 aromatic carbocycles. The van der Waals surface area contributed by atoms with Crippen molar-refractivity contribution in [2.24, 2.45) is 5.92 Å². The Kier molecular flexibility index (Phi) is 3.55. The van der Waals surface area contributed by atoms with Crippen molar-refractivity contribution in [1.29, 1.82) is 0 Å². The molecule has 0 radical (unpaired) electrons. The number of benzene rings is 1. The summed E-state index contributed by atoms with van der Waals surface area (Å²) in [5.74, 6) is 0.370. The van der Waals surface area contributed by atoms with Crippen LogP contribution in [0.2, 0.25) is 10.0 Å². The van der Waals surface area contributed by atoms with E-state index in [0.717, 1.165) is 36.6 Å². The average Bonchev–Trinajstić information content (AvgIpc) is 2.83. The Labute approximate surface area is 122 Å². The Morgan fingerprint density at radius 1 is 1.16 bits per heavy atom. The molecule has 1 saturated carbocycles. The summed E-state index contributed by atoms with van der Waals surface area (Å²) in [6.45, 7) is 0. The number of H-pyrrole nitrogens is 1. The summed E-state index contributed by atoms with van der Waals surface area (Å²) in [4.78, 5) is 15.7. The van der Waals surface area contributed by atoms with Gasteiger partial charge in [-0.05, 0) is 25.0 Å². The molecule has 2 aromatic rings. The number of fused-ring (bicyclic) bond motifs is 1. The number of aromatic nitrogens is 1. The molecule has 1 aromatic heterocycles. The molecule has 100 valence electrons. The molecule has 0 saturated heterocycles. The van der Waals surface area contributed by atoms with E-state index in [0.29, 0.717) is 15.6 Å². The van der Waals surface area contributed by atoms with E-state index in [2.05, 4.69) is 4.98 Å². The Balaban J connectivity index is 2.03. The second-order valence-electron chi connectivity index (χ2n) is 5.21. The van der Waals surface area contributed by atoms with E-state index in [1.165, 1.54) is 6.42 Å². The van der Waals surface area contributed by atoms with Gasteiger partial charge < -0.3 is 4.98 Å². The number of carbonyl (C=O) groups excluding carboxylic acids is 1. The van der Waals surface area contributed by atoms with Crippen LogP contribution in [0.1, 0.15) is 42.5 Å². The fourth-order valence-corrected chi connectivity index (χ4v) is 3.56. The molecular weight excluding hydrogens is 281 g/mol. The maximum absolute atomic E-state index is 12.6. The van der Waals surface area contributed by atoms with E-state index < -0.39 is 0 Å². The molecule has 0 aliphatic heterocycles. The van der Waals surface area contributed by atoms with E-state index in [-0.39, 0.29) is 11.7 Å². The van der Waals surface area contributed by atoms with Crippen LogP contribution in [0.5, 0.6) is 0 Å². The summed E-state index contributed by atoms with van der Waals surface area (Å²) >= 11 is 12.2. The Morgan fingerprint density at radius 2 is 1.89 bits per heavy atom. The highest BCUT2D eigenvalue weighted by Crippen LogP contribution is 2.34. The smallest absolute Gasteiger partial charge is 0.168 e. The van der Waals surface area contributed by atoms with Crippen molar-refractivity contribution >= 4 is 39.9 Å². The number of nitrogens with one attached hydrogen (secondary N) is 1. The lowest BCUT2D eigenvalue weighted by molar-refractivity contribution is 0.0891. The van der Waals surface area contributed by atoms with Gasteiger partial charge in [0.15, 0.2) is 5.78 Å². The summed E-state index contributed by atoms with van der Waals surface area (Å²) in [7, 11) is 0. The molecule has 1 heterocycles. The van der Waals surface area contributed by atoms with Crippen LogP contribution in [-0.2, 0) is 0 Å². The lowest BCUT2D eigenvalue weighted by Gasteiger charge is -2.20. The zero-order valence-electron chi connectivity index (χ0n) is 10.5. The normalized spacial score (nSPS) is 16.9. The highest BCUT2D eigenvalue weighted by Gasteiger charge is 2.25. The summed E-state index contributed by atoms with van der Waals surface area (Å²) < 4.78 is 0. The molecule has 3 rings (SSSR count). The van der Waals surface area contributed by atoms with Gasteiger partial charge in [0.05, 0.1) is 5.02 Å². The molecule has 2 nitrogen and oxygen atoms in total. The van der Waals surface area contributed by atoms with Gasteiger partial charge in [0, 0.05) is 33.6 Å². The molecule has 0 spiro atoms. The van der Waals surface area contributed by atoms with E-state index >= 15 is 0 Å². The fraction of sp³-hybridized carbons (Fsp3) is 0.400. The number of hydrogen-bond acceptors (Lipinski definition) is 1. The molecule has 1 aliphatic rings. The van der Waals surface area contributed by atoms with Crippen LogP contribution in [0, 0.1) is 5.92 Å². The highest BCUT2D eigenvalue weighted by molar-refractivity contribution is 6.39. The van der Waals surface area contributed by atoms with E-state index in [4.69, 9.17) is 23.2 Å². The Bertz CT molecular complexity index is 626. The summed E-state index contributed by atoms with van der Waals surface area (Å²) in [5.41, 5.74) is 1.54. The minimum Gasteiger partial charge on any atom is -0.360 e. The van der Waals surface area contributed by atoms with E-state index in [1.807, 2.05) is 0 Å². The number of carbonyl (C=O) groups is 1. The molecule has 0 bridgehead atoms. The number of Topliss-reactive ketones (excluding diaryl/α,β-unsaturated/α-hetero) is 1. The van der Waals surface area contributed by atoms with Crippen LogP contribution in [0.4, 0.5) is 0 Å². The highest BCUT2D eigenvalue weighted by atomic mass is 35.5. The standard InChI is InChI=1S/C15H15Cl2NO/c16-10-6-12(17)14-11(8-18-13(14)7-10)15(19)9-4-2-1-3-5-9/h6-9,18H,1-5H2. The van der Waals surface area contributed by atoms with Gasteiger partial charge in [0.2, 0.25) is 0 Å². The van der Waals surface area contributed by atoms with Gasteiger partial charge in [-0.15, -0.1) is 0 Å². The van der Waals surface area contributed by atoms with Gasteiger partial charge >= 0.3 is 0 Å². The fourth-order valence-electron chi connectivity index (χ4n) is 2.96. The number of ketones is 1. The van der Waals surface area contributed by atoms with Crippen molar-refractivity contribution in [1.82, 2.24) is 4.98 Å². The van der Waals surface area contributed by atoms with Gasteiger partial charge in [0.1, 0.15) is 0 Å². The second-order valence-corrected chi connectivity index (χ2v) is 6.06. The lowest BCUT2D eigenvalue weighted by atomic mass is 9.84. The van der Waals surface area contributed by atoms with Crippen molar-refractivity contribution in [2.75, 3.05) is 0 Å². The van der Waals surface area contributed by atoms with E-state index in [9.17, 15) is 4.79 Å². The van der Waals surface area contributed by atoms with Gasteiger partial charge in [-0.25, -0.2) is 0 Å². The third-order valence-corrected chi connectivity index (χ3v) is 4.45. The third kappa shape index (κ3) is 2.39. The summed E-state index contributed by atoms with van der Waals surface area (Å²) in [5, 5.41) is 1.93. The zero-order chi connectivity index (χ0) is 13.4. The minimum absolute atomic E-state index is 0.152. The average molecular weight is 296 g/mol. The quantitative estimate of drug-likeness (QED) is 0.755. The van der Waals surface area contributed by atoms with Gasteiger partial charge in [-0.3, -0.25) is 4.79 Å². The first-order chi connectivity index (χ1) is 9.16. The van der Waals surface area contributed by atoms with Gasteiger partial charge in [0.25, 0.3) is 0 Å². The molecule has 0 unspecified atom stereocenters. The molecule has 1 fully saturated rings. The van der Waals surface area contributed by atoms with Crippen molar-refractivity contribution in [3.05, 3.63) is 33.9 Å². The van der Waals surface area contributed by atoms with Crippen LogP contribution in [0.15, 0.2) is 18.3 Å². The largest absolute Gasteiger partial charge is 0.360 e. The third-order valence-electron chi connectivity index (χ3n) is 3.94. The minimum atomic E-state index is 0.152. The molecule has 1 N–H and O–H groups in total. The zero-order valence-corrected chi connectivity index (χ0v) is 12.0. The lowest BCUT2D eigenvalue weighted by Crippen LogP contribution is -2.17. The SMILES string of the molecule is O=C(c1c[nH]c2cc(Cl)cc(Cl)c12)C1CCCCC1. The van der Waals surface area contributed by atoms with Gasteiger partial charge in [-0.2, -0.15) is 0 Å². The maximum Gasteiger partial charge on any atom is 0.168 e. The second kappa shape index (κ2) is 5.18. The Morgan fingerprint density at radius 3 is 2.63 bits per heavy atom. The first-order valence-corrected chi connectivity index (χ1v) is 7.43. The summed E-state index contributed by atoms with van der Waals surface area (Å²) in [6.07, 6.45) is 7.31. The molecule has 0 atom stereocenters. The molecular formula is C15H15Cl2NO. The first-order valence-electron chi connectivity index (χ1n) is 6.67. The monoisotopic (exact) mass is 295 g/mol. The van der Waals surface area contributed by atoms with Crippen molar-refractivity contribution in [3.8, 4) is 0 Å². The van der Waals surface area contributed by atoms with Crippen LogP contribution in [0.3, 0.4) is 0 Å². The van der Waals surface area contributed by atoms with Crippen LogP contribution in [0.25, 0.3) is 10.9 Å². The molecule has 4 heteroatoms. The van der Waals surface area contributed by atoms with Gasteiger partial charge in [-0.1, -0.05) is 42.5 Å². The maximum atomic E-state index is 12.6. The number of hydrogen-bond donors (Lipinski definition) is 1. The summed E-state index contributed by atoms with van der Waals surface area (Å²) in [6, 6.07) is 3.50. The number of rotatable bonds is 2. The number of halogens is 2. The van der Waals surface area contributed by atoms with Crippen LogP contribution >= 0.6 is 23.2 Å². The molecule has 0 amide bonds. The van der Waals surface area contributed by atoms with Crippen molar-refractivity contribution in [2.45, 2.75) is 32.1 Å². The van der Waals surface area contributed by atoms with Crippen molar-refractivity contribution < 1.29 is 4.79 Å². The van der Waals surface area contributed by atoms with Crippen molar-refractivity contribution in [3.63, 3.8) is 0 Å². The van der Waals surface area contributed by atoms with E-state index in [1.54, 1.807) is 18.3 Å². The molecule has 1 aliphatic carbocycles.